The molecule has 112 valence electrons. The minimum Gasteiger partial charge on any atom is -0.328 e. The van der Waals surface area contributed by atoms with Crippen molar-refractivity contribution >= 4 is 23.4 Å². The van der Waals surface area contributed by atoms with Gasteiger partial charge in [-0.1, -0.05) is 0 Å². The maximum absolute atomic E-state index is 5.73. The number of aromatic amines is 1. The van der Waals surface area contributed by atoms with E-state index in [9.17, 15) is 0 Å². The lowest BCUT2D eigenvalue weighted by Crippen LogP contribution is -2.52. The SMILES string of the molecule is Cc1nn(C)c2c1[nH]c(=S)n2C12CC3CC(CC(C3)C1)C2. The van der Waals surface area contributed by atoms with Gasteiger partial charge in [0.1, 0.15) is 5.52 Å². The number of aromatic nitrogens is 4. The number of nitrogens with one attached hydrogen (secondary N) is 1. The molecule has 4 saturated carbocycles. The van der Waals surface area contributed by atoms with E-state index in [1.165, 1.54) is 44.2 Å². The van der Waals surface area contributed by atoms with Crippen LogP contribution in [0.2, 0.25) is 0 Å². The Balaban J connectivity index is 1.77. The summed E-state index contributed by atoms with van der Waals surface area (Å²) in [5.41, 5.74) is 3.67. The second kappa shape index (κ2) is 3.80. The van der Waals surface area contributed by atoms with Gasteiger partial charge in [0.25, 0.3) is 0 Å². The van der Waals surface area contributed by atoms with Gasteiger partial charge in [-0.2, -0.15) is 5.10 Å². The van der Waals surface area contributed by atoms with Crippen molar-refractivity contribution in [3.63, 3.8) is 0 Å². The van der Waals surface area contributed by atoms with Crippen molar-refractivity contribution in [2.24, 2.45) is 24.8 Å². The van der Waals surface area contributed by atoms with Gasteiger partial charge in [-0.15, -0.1) is 0 Å². The maximum Gasteiger partial charge on any atom is 0.179 e. The van der Waals surface area contributed by atoms with Crippen molar-refractivity contribution in [1.82, 2.24) is 19.3 Å². The Morgan fingerprint density at radius 3 is 2.29 bits per heavy atom. The van der Waals surface area contributed by atoms with Gasteiger partial charge in [0.05, 0.1) is 5.69 Å². The van der Waals surface area contributed by atoms with E-state index in [1.54, 1.807) is 0 Å². The van der Waals surface area contributed by atoms with Gasteiger partial charge in [0.15, 0.2) is 10.4 Å². The number of hydrogen-bond acceptors (Lipinski definition) is 2. The Labute approximate surface area is 129 Å². The van der Waals surface area contributed by atoms with Gasteiger partial charge in [-0.05, 0) is 75.4 Å². The van der Waals surface area contributed by atoms with E-state index in [1.807, 2.05) is 4.68 Å². The van der Waals surface area contributed by atoms with Crippen molar-refractivity contribution in [3.8, 4) is 0 Å². The molecule has 0 saturated heterocycles. The van der Waals surface area contributed by atoms with Crippen LogP contribution in [0.25, 0.3) is 11.2 Å². The normalized spacial score (nSPS) is 37.7. The van der Waals surface area contributed by atoms with Gasteiger partial charge < -0.3 is 4.98 Å². The average Bonchev–Trinajstić information content (AvgIpc) is 2.86. The Hall–Kier alpha value is -1.10. The molecule has 2 aromatic heterocycles. The second-order valence-electron chi connectivity index (χ2n) is 7.82. The highest BCUT2D eigenvalue weighted by Gasteiger charge is 2.52. The molecule has 0 unspecified atom stereocenters. The number of fused-ring (bicyclic) bond motifs is 1. The molecule has 0 spiro atoms. The molecular weight excluding hydrogens is 280 g/mol. The summed E-state index contributed by atoms with van der Waals surface area (Å²) in [6, 6.07) is 0. The Morgan fingerprint density at radius 2 is 1.71 bits per heavy atom. The molecular formula is C16H22N4S. The van der Waals surface area contributed by atoms with E-state index in [4.69, 9.17) is 12.2 Å². The van der Waals surface area contributed by atoms with Crippen LogP contribution in [0.15, 0.2) is 0 Å². The molecule has 4 aliphatic carbocycles. The summed E-state index contributed by atoms with van der Waals surface area (Å²) in [7, 11) is 2.05. The zero-order chi connectivity index (χ0) is 14.4. The van der Waals surface area contributed by atoms with Gasteiger partial charge in [-0.25, -0.2) is 0 Å². The van der Waals surface area contributed by atoms with E-state index < -0.39 is 0 Å². The molecule has 2 aromatic rings. The highest BCUT2D eigenvalue weighted by atomic mass is 32.1. The van der Waals surface area contributed by atoms with Crippen LogP contribution >= 0.6 is 12.2 Å². The molecule has 6 rings (SSSR count). The smallest absolute Gasteiger partial charge is 0.179 e. The van der Waals surface area contributed by atoms with Crippen LogP contribution in [0, 0.1) is 29.4 Å². The van der Waals surface area contributed by atoms with E-state index in [2.05, 4.69) is 28.6 Å². The zero-order valence-corrected chi connectivity index (χ0v) is 13.5. The van der Waals surface area contributed by atoms with Crippen LogP contribution in [-0.4, -0.2) is 19.3 Å². The van der Waals surface area contributed by atoms with Crippen molar-refractivity contribution in [1.29, 1.82) is 0 Å². The number of hydrogen-bond donors (Lipinski definition) is 1. The molecule has 2 heterocycles. The van der Waals surface area contributed by atoms with E-state index in [0.29, 0.717) is 0 Å². The second-order valence-corrected chi connectivity index (χ2v) is 8.20. The summed E-state index contributed by atoms with van der Waals surface area (Å²) in [6.45, 7) is 2.07. The summed E-state index contributed by atoms with van der Waals surface area (Å²) < 4.78 is 5.39. The topological polar surface area (TPSA) is 38.5 Å². The molecule has 0 amide bonds. The van der Waals surface area contributed by atoms with Gasteiger partial charge >= 0.3 is 0 Å². The Kier molecular flexibility index (Phi) is 2.25. The molecule has 0 aliphatic heterocycles. The lowest BCUT2D eigenvalue weighted by molar-refractivity contribution is -0.0421. The predicted octanol–water partition coefficient (Wildman–Crippen LogP) is 3.67. The van der Waals surface area contributed by atoms with Crippen LogP contribution < -0.4 is 0 Å². The largest absolute Gasteiger partial charge is 0.328 e. The molecule has 5 heteroatoms. The van der Waals surface area contributed by atoms with Crippen molar-refractivity contribution in [3.05, 3.63) is 10.5 Å². The molecule has 21 heavy (non-hydrogen) atoms. The third-order valence-corrected chi connectivity index (χ3v) is 6.60. The molecule has 0 atom stereocenters. The maximum atomic E-state index is 5.73. The van der Waals surface area contributed by atoms with Crippen LogP contribution in [0.3, 0.4) is 0 Å². The average molecular weight is 302 g/mol. The zero-order valence-electron chi connectivity index (χ0n) is 12.7. The molecule has 1 N–H and O–H groups in total. The molecule has 4 bridgehead atoms. The highest BCUT2D eigenvalue weighted by Crippen LogP contribution is 2.59. The van der Waals surface area contributed by atoms with E-state index in [0.717, 1.165) is 33.7 Å². The highest BCUT2D eigenvalue weighted by molar-refractivity contribution is 7.71. The number of H-pyrrole nitrogens is 1. The van der Waals surface area contributed by atoms with Crippen molar-refractivity contribution < 1.29 is 0 Å². The standard InChI is InChI=1S/C16H22N4S/c1-9-13-14(19(2)18-9)20(15(21)17-13)16-6-10-3-11(7-16)5-12(4-10)8-16/h10-12H,3-8H2,1-2H3,(H,17,21). The quantitative estimate of drug-likeness (QED) is 0.816. The number of nitrogens with zero attached hydrogens (tertiary/aromatic N) is 3. The predicted molar refractivity (Wildman–Crippen MR) is 84.8 cm³/mol. The summed E-state index contributed by atoms with van der Waals surface area (Å²) in [6.07, 6.45) is 8.36. The Bertz CT molecular complexity index is 758. The monoisotopic (exact) mass is 302 g/mol. The molecule has 0 radical (unpaired) electrons. The minimum atomic E-state index is 0.268. The molecule has 4 fully saturated rings. The lowest BCUT2D eigenvalue weighted by atomic mass is 9.53. The van der Waals surface area contributed by atoms with Gasteiger partial charge in [0, 0.05) is 12.6 Å². The van der Waals surface area contributed by atoms with Crippen LogP contribution in [0.4, 0.5) is 0 Å². The summed E-state index contributed by atoms with van der Waals surface area (Å²) in [5.74, 6) is 2.78. The number of aryl methyl sites for hydroxylation is 2. The number of imidazole rings is 1. The van der Waals surface area contributed by atoms with Crippen LogP contribution in [0.5, 0.6) is 0 Å². The first-order valence-electron chi connectivity index (χ1n) is 8.20. The Morgan fingerprint density at radius 1 is 1.14 bits per heavy atom. The fourth-order valence-electron chi connectivity index (χ4n) is 6.09. The molecule has 4 nitrogen and oxygen atoms in total. The first-order valence-corrected chi connectivity index (χ1v) is 8.61. The van der Waals surface area contributed by atoms with Crippen LogP contribution in [0.1, 0.15) is 44.2 Å². The third kappa shape index (κ3) is 1.50. The third-order valence-electron chi connectivity index (χ3n) is 6.32. The number of rotatable bonds is 1. The van der Waals surface area contributed by atoms with Gasteiger partial charge in [-0.3, -0.25) is 9.25 Å². The minimum absolute atomic E-state index is 0.268. The fraction of sp³-hybridized carbons (Fsp3) is 0.750. The van der Waals surface area contributed by atoms with Crippen LogP contribution in [-0.2, 0) is 12.6 Å². The molecule has 4 aliphatic rings. The first-order chi connectivity index (χ1) is 10.1. The fourth-order valence-corrected chi connectivity index (χ4v) is 6.47. The van der Waals surface area contributed by atoms with Gasteiger partial charge in [0.2, 0.25) is 0 Å². The molecule has 0 aromatic carbocycles. The summed E-state index contributed by atoms with van der Waals surface area (Å²) in [4.78, 5) is 3.44. The van der Waals surface area contributed by atoms with E-state index in [-0.39, 0.29) is 5.54 Å². The summed E-state index contributed by atoms with van der Waals surface area (Å²) >= 11 is 5.73. The van der Waals surface area contributed by atoms with Crippen molar-refractivity contribution in [2.45, 2.75) is 51.0 Å². The van der Waals surface area contributed by atoms with E-state index >= 15 is 0 Å². The first kappa shape index (κ1) is 12.4. The lowest BCUT2D eigenvalue weighted by Gasteiger charge is -2.57. The van der Waals surface area contributed by atoms with Crippen molar-refractivity contribution in [2.75, 3.05) is 0 Å². The summed E-state index contributed by atoms with van der Waals surface area (Å²) in [5, 5.41) is 4.60.